The van der Waals surface area contributed by atoms with Crippen molar-refractivity contribution in [1.82, 2.24) is 14.7 Å². The maximum Gasteiger partial charge on any atom is 0.253 e. The zero-order valence-electron chi connectivity index (χ0n) is 21.3. The van der Waals surface area contributed by atoms with Gasteiger partial charge in [0.2, 0.25) is 12.7 Å². The molecule has 0 aliphatic carbocycles. The molecular weight excluding hydrogens is 498 g/mol. The molecule has 0 N–H and O–H groups in total. The Balaban J connectivity index is 1.03. The van der Waals surface area contributed by atoms with E-state index in [0.29, 0.717) is 31.0 Å². The standard InChI is InChI=1S/C30H31N3O4S/c34-28-20-38-30(33(28)13-12-22-4-2-1-3-5-22)25-9-7-24(8-10-25)29(35)32-16-14-31(15-17-32)19-23-6-11-26-27(18-23)37-21-36-26/h1-11,18,30H,12-17,19-21H2. The summed E-state index contributed by atoms with van der Waals surface area (Å²) in [4.78, 5) is 32.1. The molecule has 3 aromatic rings. The Bertz CT molecular complexity index is 1290. The number of rotatable bonds is 7. The molecule has 0 bridgehead atoms. The van der Waals surface area contributed by atoms with E-state index in [0.717, 1.165) is 43.1 Å². The molecule has 0 spiro atoms. The molecule has 8 heteroatoms. The normalized spacial score (nSPS) is 19.3. The van der Waals surface area contributed by atoms with Gasteiger partial charge in [0.15, 0.2) is 11.5 Å². The van der Waals surface area contributed by atoms with Gasteiger partial charge in [-0.25, -0.2) is 0 Å². The van der Waals surface area contributed by atoms with Crippen molar-refractivity contribution in [2.45, 2.75) is 18.3 Å². The number of ether oxygens (including phenoxy) is 2. The van der Waals surface area contributed by atoms with Crippen LogP contribution in [-0.2, 0) is 17.8 Å². The number of hydrogen-bond donors (Lipinski definition) is 0. The van der Waals surface area contributed by atoms with Crippen LogP contribution < -0.4 is 9.47 Å². The molecule has 3 aliphatic rings. The first-order valence-electron chi connectivity index (χ1n) is 13.1. The van der Waals surface area contributed by atoms with Crippen LogP contribution in [0.25, 0.3) is 0 Å². The van der Waals surface area contributed by atoms with Crippen LogP contribution in [0.5, 0.6) is 11.5 Å². The smallest absolute Gasteiger partial charge is 0.253 e. The topological polar surface area (TPSA) is 62.3 Å². The summed E-state index contributed by atoms with van der Waals surface area (Å²) in [7, 11) is 0. The van der Waals surface area contributed by atoms with E-state index in [1.54, 1.807) is 11.8 Å². The fourth-order valence-electron chi connectivity index (χ4n) is 5.25. The number of benzene rings is 3. The summed E-state index contributed by atoms with van der Waals surface area (Å²) < 4.78 is 10.9. The van der Waals surface area contributed by atoms with Crippen molar-refractivity contribution in [3.63, 3.8) is 0 Å². The van der Waals surface area contributed by atoms with E-state index in [9.17, 15) is 9.59 Å². The second-order valence-electron chi connectivity index (χ2n) is 9.86. The van der Waals surface area contributed by atoms with Gasteiger partial charge in [0.1, 0.15) is 5.37 Å². The van der Waals surface area contributed by atoms with Gasteiger partial charge >= 0.3 is 0 Å². The SMILES string of the molecule is O=C(c1ccc(C2SCC(=O)N2CCc2ccccc2)cc1)N1CCN(Cc2ccc3c(c2)OCO3)CC1. The number of nitrogens with zero attached hydrogens (tertiary/aromatic N) is 3. The van der Waals surface area contributed by atoms with Gasteiger partial charge in [0, 0.05) is 44.8 Å². The third kappa shape index (κ3) is 5.37. The molecule has 6 rings (SSSR count). The highest BCUT2D eigenvalue weighted by molar-refractivity contribution is 8.00. The Morgan fingerprint density at radius 2 is 1.63 bits per heavy atom. The van der Waals surface area contributed by atoms with E-state index in [1.807, 2.05) is 64.4 Å². The zero-order chi connectivity index (χ0) is 25.9. The second-order valence-corrected chi connectivity index (χ2v) is 10.9. The number of fused-ring (bicyclic) bond motifs is 1. The molecule has 2 fully saturated rings. The van der Waals surface area contributed by atoms with Crippen LogP contribution >= 0.6 is 11.8 Å². The molecule has 0 radical (unpaired) electrons. The van der Waals surface area contributed by atoms with E-state index >= 15 is 0 Å². The fraction of sp³-hybridized carbons (Fsp3) is 0.333. The van der Waals surface area contributed by atoms with Gasteiger partial charge in [-0.15, -0.1) is 11.8 Å². The fourth-order valence-corrected chi connectivity index (χ4v) is 6.46. The van der Waals surface area contributed by atoms with Crippen molar-refractivity contribution in [1.29, 1.82) is 0 Å². The number of hydrogen-bond acceptors (Lipinski definition) is 6. The average molecular weight is 530 g/mol. The molecule has 0 saturated carbocycles. The third-order valence-corrected chi connectivity index (χ3v) is 8.65. The third-order valence-electron chi connectivity index (χ3n) is 7.40. The quantitative estimate of drug-likeness (QED) is 0.458. The van der Waals surface area contributed by atoms with Crippen molar-refractivity contribution in [2.24, 2.45) is 0 Å². The monoisotopic (exact) mass is 529 g/mol. The summed E-state index contributed by atoms with van der Waals surface area (Å²) in [6.45, 7) is 4.86. The van der Waals surface area contributed by atoms with E-state index in [1.165, 1.54) is 11.1 Å². The number of thioether (sulfide) groups is 1. The molecule has 38 heavy (non-hydrogen) atoms. The maximum absolute atomic E-state index is 13.2. The average Bonchev–Trinajstić information content (AvgIpc) is 3.58. The summed E-state index contributed by atoms with van der Waals surface area (Å²) >= 11 is 1.66. The van der Waals surface area contributed by atoms with E-state index in [2.05, 4.69) is 23.1 Å². The Morgan fingerprint density at radius 3 is 2.42 bits per heavy atom. The van der Waals surface area contributed by atoms with E-state index in [-0.39, 0.29) is 24.0 Å². The molecule has 3 heterocycles. The number of carbonyl (C=O) groups is 2. The summed E-state index contributed by atoms with van der Waals surface area (Å²) in [5, 5.41) is -0.00455. The lowest BCUT2D eigenvalue weighted by Gasteiger charge is -2.35. The molecule has 0 aromatic heterocycles. The van der Waals surface area contributed by atoms with Crippen LogP contribution in [0.15, 0.2) is 72.8 Å². The van der Waals surface area contributed by atoms with Crippen LogP contribution in [0.4, 0.5) is 0 Å². The summed E-state index contributed by atoms with van der Waals surface area (Å²) in [6.07, 6.45) is 0.834. The molecular formula is C30H31N3O4S. The largest absolute Gasteiger partial charge is 0.454 e. The second kappa shape index (κ2) is 11.1. The first-order valence-corrected chi connectivity index (χ1v) is 14.1. The molecule has 2 saturated heterocycles. The first kappa shape index (κ1) is 24.8. The number of amides is 2. The molecule has 1 unspecified atom stereocenters. The lowest BCUT2D eigenvalue weighted by Crippen LogP contribution is -2.48. The molecule has 3 aliphatic heterocycles. The summed E-state index contributed by atoms with van der Waals surface area (Å²) in [5.41, 5.74) is 4.18. The summed E-state index contributed by atoms with van der Waals surface area (Å²) in [6, 6.07) is 24.2. The van der Waals surface area contributed by atoms with Crippen LogP contribution in [0, 0.1) is 0 Å². The van der Waals surface area contributed by atoms with Crippen molar-refractivity contribution >= 4 is 23.6 Å². The van der Waals surface area contributed by atoms with Gasteiger partial charge in [-0.1, -0.05) is 48.5 Å². The lowest BCUT2D eigenvalue weighted by atomic mass is 10.1. The number of carbonyl (C=O) groups excluding carboxylic acids is 2. The predicted molar refractivity (Wildman–Crippen MR) is 147 cm³/mol. The van der Waals surface area contributed by atoms with Crippen LogP contribution in [0.1, 0.15) is 32.4 Å². The van der Waals surface area contributed by atoms with Gasteiger partial charge < -0.3 is 19.3 Å². The number of piperazine rings is 1. The van der Waals surface area contributed by atoms with Gasteiger partial charge in [-0.05, 0) is 47.4 Å². The lowest BCUT2D eigenvalue weighted by molar-refractivity contribution is -0.128. The Labute approximate surface area is 227 Å². The minimum atomic E-state index is -0.00455. The van der Waals surface area contributed by atoms with Crippen LogP contribution in [-0.4, -0.2) is 71.8 Å². The van der Waals surface area contributed by atoms with Crippen LogP contribution in [0.3, 0.4) is 0 Å². The molecule has 196 valence electrons. The maximum atomic E-state index is 13.2. The Kier molecular flexibility index (Phi) is 7.25. The van der Waals surface area contributed by atoms with Crippen molar-refractivity contribution < 1.29 is 19.1 Å². The zero-order valence-corrected chi connectivity index (χ0v) is 22.1. The molecule has 1 atom stereocenters. The highest BCUT2D eigenvalue weighted by Gasteiger charge is 2.32. The van der Waals surface area contributed by atoms with Crippen molar-refractivity contribution in [3.8, 4) is 11.5 Å². The van der Waals surface area contributed by atoms with Crippen molar-refractivity contribution in [3.05, 3.63) is 95.1 Å². The van der Waals surface area contributed by atoms with Gasteiger partial charge in [0.05, 0.1) is 5.75 Å². The highest BCUT2D eigenvalue weighted by atomic mass is 32.2. The molecule has 2 amide bonds. The minimum Gasteiger partial charge on any atom is -0.454 e. The highest BCUT2D eigenvalue weighted by Crippen LogP contribution is 2.38. The van der Waals surface area contributed by atoms with Crippen LogP contribution in [0.2, 0.25) is 0 Å². The first-order chi connectivity index (χ1) is 18.6. The summed E-state index contributed by atoms with van der Waals surface area (Å²) in [5.74, 6) is 2.34. The minimum absolute atomic E-state index is 0.00455. The Morgan fingerprint density at radius 1 is 0.868 bits per heavy atom. The molecule has 3 aromatic carbocycles. The van der Waals surface area contributed by atoms with Gasteiger partial charge in [-0.3, -0.25) is 14.5 Å². The van der Waals surface area contributed by atoms with E-state index in [4.69, 9.17) is 9.47 Å². The van der Waals surface area contributed by atoms with Gasteiger partial charge in [-0.2, -0.15) is 0 Å². The van der Waals surface area contributed by atoms with Crippen molar-refractivity contribution in [2.75, 3.05) is 45.3 Å². The predicted octanol–water partition coefficient (Wildman–Crippen LogP) is 4.19. The van der Waals surface area contributed by atoms with Gasteiger partial charge in [0.25, 0.3) is 5.91 Å². The Hall–Kier alpha value is -3.49. The molecule has 7 nitrogen and oxygen atoms in total. The van der Waals surface area contributed by atoms with E-state index < -0.39 is 0 Å².